The van der Waals surface area contributed by atoms with Crippen LogP contribution in [0.4, 0.5) is 0 Å². The lowest BCUT2D eigenvalue weighted by Crippen LogP contribution is -2.09. The van der Waals surface area contributed by atoms with Crippen LogP contribution in [0.3, 0.4) is 0 Å². The zero-order valence-electron chi connectivity index (χ0n) is 7.77. The van der Waals surface area contributed by atoms with Gasteiger partial charge in [-0.3, -0.25) is 0 Å². The molecule has 0 N–H and O–H groups in total. The monoisotopic (exact) mass is 238 g/mol. The maximum Gasteiger partial charge on any atom is 0.0168 e. The lowest BCUT2D eigenvalue weighted by Gasteiger charge is -2.15. The highest BCUT2D eigenvalue weighted by atomic mass is 79.9. The first-order valence-corrected chi connectivity index (χ1v) is 6.66. The van der Waals surface area contributed by atoms with Crippen LogP contribution in [-0.4, -0.2) is 16.8 Å². The van der Waals surface area contributed by atoms with Gasteiger partial charge in [-0.1, -0.05) is 29.8 Å². The summed E-state index contributed by atoms with van der Waals surface area (Å²) >= 11 is 5.64. The van der Waals surface area contributed by atoms with Crippen LogP contribution in [0.1, 0.15) is 33.1 Å². The van der Waals surface area contributed by atoms with Crippen LogP contribution in [0, 0.1) is 5.92 Å². The Kier molecular flexibility index (Phi) is 8.04. The van der Waals surface area contributed by atoms with Crippen molar-refractivity contribution in [2.24, 2.45) is 5.92 Å². The van der Waals surface area contributed by atoms with Crippen LogP contribution in [0.2, 0.25) is 0 Å². The van der Waals surface area contributed by atoms with Crippen molar-refractivity contribution < 1.29 is 0 Å². The summed E-state index contributed by atoms with van der Waals surface area (Å²) < 4.78 is 0. The maximum atomic E-state index is 3.69. The van der Waals surface area contributed by atoms with Crippen molar-refractivity contribution in [3.05, 3.63) is 0 Å². The van der Waals surface area contributed by atoms with Crippen molar-refractivity contribution in [1.82, 2.24) is 0 Å². The molecule has 2 atom stereocenters. The van der Waals surface area contributed by atoms with E-state index < -0.39 is 0 Å². The third kappa shape index (κ3) is 6.03. The molecule has 0 heterocycles. The molecule has 68 valence electrons. The molecule has 0 aliphatic carbocycles. The van der Waals surface area contributed by atoms with Gasteiger partial charge in [-0.2, -0.15) is 11.8 Å². The van der Waals surface area contributed by atoms with E-state index in [1.165, 1.54) is 25.0 Å². The summed E-state index contributed by atoms with van der Waals surface area (Å²) in [6.45, 7) is 4.58. The Morgan fingerprint density at radius 1 is 1.45 bits per heavy atom. The van der Waals surface area contributed by atoms with Crippen molar-refractivity contribution >= 4 is 27.7 Å². The topological polar surface area (TPSA) is 0 Å². The van der Waals surface area contributed by atoms with E-state index >= 15 is 0 Å². The fourth-order valence-corrected chi connectivity index (χ4v) is 1.85. The Balaban J connectivity index is 3.28. The third-order valence-electron chi connectivity index (χ3n) is 2.02. The van der Waals surface area contributed by atoms with Crippen LogP contribution in [0.15, 0.2) is 0 Å². The highest BCUT2D eigenvalue weighted by Gasteiger charge is 2.10. The molecule has 0 saturated carbocycles. The zero-order chi connectivity index (χ0) is 8.69. The van der Waals surface area contributed by atoms with E-state index in [0.717, 1.165) is 10.7 Å². The molecule has 2 heteroatoms. The Hall–Kier alpha value is 0.830. The van der Waals surface area contributed by atoms with E-state index in [1.807, 2.05) is 11.8 Å². The Labute approximate surface area is 83.6 Å². The Morgan fingerprint density at radius 2 is 2.09 bits per heavy atom. The van der Waals surface area contributed by atoms with Gasteiger partial charge in [0.25, 0.3) is 0 Å². The van der Waals surface area contributed by atoms with Crippen LogP contribution in [0.25, 0.3) is 0 Å². The minimum atomic E-state index is 0.726. The lowest BCUT2D eigenvalue weighted by molar-refractivity contribution is 0.501. The Morgan fingerprint density at radius 3 is 2.55 bits per heavy atom. The first-order chi connectivity index (χ1) is 5.22. The molecular weight excluding hydrogens is 220 g/mol. The molecular formula is C9H19BrS. The van der Waals surface area contributed by atoms with E-state index in [2.05, 4.69) is 36.0 Å². The van der Waals surface area contributed by atoms with Crippen molar-refractivity contribution in [1.29, 1.82) is 0 Å². The number of thioether (sulfide) groups is 1. The van der Waals surface area contributed by atoms with E-state index in [9.17, 15) is 0 Å². The molecule has 0 aromatic heterocycles. The molecule has 0 saturated heterocycles. The lowest BCUT2D eigenvalue weighted by atomic mass is 10.0. The second kappa shape index (κ2) is 7.48. The molecule has 0 fully saturated rings. The molecule has 0 radical (unpaired) electrons. The summed E-state index contributed by atoms with van der Waals surface area (Å²) in [5, 5.41) is 0. The van der Waals surface area contributed by atoms with Crippen LogP contribution in [-0.2, 0) is 0 Å². The van der Waals surface area contributed by atoms with Crippen molar-refractivity contribution in [3.8, 4) is 0 Å². The van der Waals surface area contributed by atoms with E-state index in [4.69, 9.17) is 0 Å². The number of halogens is 1. The van der Waals surface area contributed by atoms with E-state index in [-0.39, 0.29) is 0 Å². The van der Waals surface area contributed by atoms with Crippen LogP contribution >= 0.6 is 27.7 Å². The zero-order valence-corrected chi connectivity index (χ0v) is 10.2. The average Bonchev–Trinajstić information content (AvgIpc) is 2.03. The number of alkyl halides is 1. The summed E-state index contributed by atoms with van der Waals surface area (Å²) in [6.07, 6.45) is 6.16. The quantitative estimate of drug-likeness (QED) is 0.499. The van der Waals surface area contributed by atoms with Gasteiger partial charge in [-0.25, -0.2) is 0 Å². The second-order valence-electron chi connectivity index (χ2n) is 3.04. The highest BCUT2D eigenvalue weighted by Crippen LogP contribution is 2.21. The van der Waals surface area contributed by atoms with E-state index in [0.29, 0.717) is 0 Å². The molecule has 11 heavy (non-hydrogen) atoms. The summed E-state index contributed by atoms with van der Waals surface area (Å²) in [5.74, 6) is 2.15. The normalized spacial score (nSPS) is 16.4. The summed E-state index contributed by atoms with van der Waals surface area (Å²) in [7, 11) is 0. The molecule has 0 nitrogen and oxygen atoms in total. The highest BCUT2D eigenvalue weighted by molar-refractivity contribution is 9.09. The number of hydrogen-bond donors (Lipinski definition) is 0. The Bertz CT molecular complexity index is 85.6. The molecule has 0 aliphatic heterocycles. The van der Waals surface area contributed by atoms with Gasteiger partial charge in [0.05, 0.1) is 0 Å². The van der Waals surface area contributed by atoms with Crippen molar-refractivity contribution in [3.63, 3.8) is 0 Å². The van der Waals surface area contributed by atoms with Gasteiger partial charge in [-0.15, -0.1) is 0 Å². The van der Waals surface area contributed by atoms with Crippen LogP contribution in [0.5, 0.6) is 0 Å². The molecule has 0 bridgehead atoms. The van der Waals surface area contributed by atoms with Crippen molar-refractivity contribution in [2.45, 2.75) is 37.9 Å². The molecule has 0 amide bonds. The molecule has 2 unspecified atom stereocenters. The van der Waals surface area contributed by atoms with Crippen molar-refractivity contribution in [2.75, 3.05) is 12.0 Å². The standard InChI is InChI=1S/C9H19BrS/c1-4-9(10)8(2)6-5-7-11-3/h8-9H,4-7H2,1-3H3. The average molecular weight is 239 g/mol. The molecule has 0 aromatic rings. The minimum Gasteiger partial charge on any atom is -0.165 e. The number of hydrogen-bond acceptors (Lipinski definition) is 1. The molecule has 0 aromatic carbocycles. The molecule has 0 aliphatic rings. The minimum absolute atomic E-state index is 0.726. The van der Waals surface area contributed by atoms with Gasteiger partial charge >= 0.3 is 0 Å². The van der Waals surface area contributed by atoms with Gasteiger partial charge < -0.3 is 0 Å². The van der Waals surface area contributed by atoms with Gasteiger partial charge in [0.1, 0.15) is 0 Å². The second-order valence-corrected chi connectivity index (χ2v) is 5.20. The summed E-state index contributed by atoms with van der Waals surface area (Å²) in [4.78, 5) is 0.726. The smallest absolute Gasteiger partial charge is 0.0168 e. The number of rotatable bonds is 6. The molecule has 0 spiro atoms. The third-order valence-corrected chi connectivity index (χ3v) is 4.26. The first-order valence-electron chi connectivity index (χ1n) is 4.35. The van der Waals surface area contributed by atoms with Gasteiger partial charge in [-0.05, 0) is 37.2 Å². The van der Waals surface area contributed by atoms with Crippen LogP contribution < -0.4 is 0 Å². The van der Waals surface area contributed by atoms with Gasteiger partial charge in [0, 0.05) is 4.83 Å². The fourth-order valence-electron chi connectivity index (χ4n) is 1.13. The molecule has 0 rings (SSSR count). The summed E-state index contributed by atoms with van der Waals surface area (Å²) in [5.41, 5.74) is 0. The fraction of sp³-hybridized carbons (Fsp3) is 1.00. The first kappa shape index (κ1) is 11.8. The predicted octanol–water partition coefficient (Wildman–Crippen LogP) is 3.94. The predicted molar refractivity (Wildman–Crippen MR) is 59.8 cm³/mol. The van der Waals surface area contributed by atoms with E-state index in [1.54, 1.807) is 0 Å². The SMILES string of the molecule is CCC(Br)C(C)CCCSC. The van der Waals surface area contributed by atoms with Gasteiger partial charge in [0.15, 0.2) is 0 Å². The van der Waals surface area contributed by atoms with Gasteiger partial charge in [0.2, 0.25) is 0 Å². The maximum absolute atomic E-state index is 3.69. The largest absolute Gasteiger partial charge is 0.165 e. The summed E-state index contributed by atoms with van der Waals surface area (Å²) in [6, 6.07) is 0.